The second-order valence-corrected chi connectivity index (χ2v) is 5.15. The van der Waals surface area contributed by atoms with Crippen molar-refractivity contribution in [2.45, 2.75) is 44.9 Å². The number of rotatable bonds is 10. The Labute approximate surface area is 124 Å². The Kier molecular flexibility index (Phi) is 7.88. The van der Waals surface area contributed by atoms with Crippen LogP contribution >= 0.6 is 11.6 Å². The zero-order valence-corrected chi connectivity index (χ0v) is 12.3. The molecule has 0 spiro atoms. The summed E-state index contributed by atoms with van der Waals surface area (Å²) >= 11 is 5.17. The second-order valence-electron chi connectivity index (χ2n) is 4.78. The Morgan fingerprint density at radius 2 is 1.55 bits per heavy atom. The SMILES string of the molecule is O=C(Cl)C=CCCCCCCCCN1C(=O)C=CC1=O. The minimum atomic E-state index is -0.425. The van der Waals surface area contributed by atoms with E-state index >= 15 is 0 Å². The average molecular weight is 298 g/mol. The Morgan fingerprint density at radius 1 is 1.00 bits per heavy atom. The van der Waals surface area contributed by atoms with E-state index in [9.17, 15) is 14.4 Å². The van der Waals surface area contributed by atoms with Crippen LogP contribution in [-0.2, 0) is 14.4 Å². The van der Waals surface area contributed by atoms with Crippen molar-refractivity contribution in [2.75, 3.05) is 6.54 Å². The van der Waals surface area contributed by atoms with Crippen LogP contribution in [-0.4, -0.2) is 28.5 Å². The molecule has 20 heavy (non-hydrogen) atoms. The van der Waals surface area contributed by atoms with E-state index in [0.29, 0.717) is 6.54 Å². The molecule has 0 aromatic rings. The number of nitrogens with zero attached hydrogens (tertiary/aromatic N) is 1. The molecule has 0 aliphatic carbocycles. The average Bonchev–Trinajstić information content (AvgIpc) is 2.71. The summed E-state index contributed by atoms with van der Waals surface area (Å²) in [6.07, 6.45) is 13.0. The molecule has 0 radical (unpaired) electrons. The molecular weight excluding hydrogens is 278 g/mol. The molecule has 0 aromatic carbocycles. The van der Waals surface area contributed by atoms with Gasteiger partial charge in [0, 0.05) is 18.7 Å². The number of amides is 2. The molecule has 2 amide bonds. The lowest BCUT2D eigenvalue weighted by molar-refractivity contribution is -0.136. The van der Waals surface area contributed by atoms with E-state index in [0.717, 1.165) is 44.9 Å². The van der Waals surface area contributed by atoms with Crippen LogP contribution in [0.2, 0.25) is 0 Å². The fourth-order valence-corrected chi connectivity index (χ4v) is 2.16. The number of hydrogen-bond acceptors (Lipinski definition) is 3. The molecule has 0 bridgehead atoms. The fourth-order valence-electron chi connectivity index (χ4n) is 2.07. The third kappa shape index (κ3) is 6.66. The molecule has 1 heterocycles. The van der Waals surface area contributed by atoms with Crippen LogP contribution in [0.4, 0.5) is 0 Å². The highest BCUT2D eigenvalue weighted by atomic mass is 35.5. The molecule has 0 N–H and O–H groups in total. The normalized spacial score (nSPS) is 14.8. The van der Waals surface area contributed by atoms with Gasteiger partial charge in [0.05, 0.1) is 0 Å². The summed E-state index contributed by atoms with van der Waals surface area (Å²) in [5.74, 6) is -0.397. The molecule has 0 atom stereocenters. The van der Waals surface area contributed by atoms with E-state index in [4.69, 9.17) is 11.6 Å². The van der Waals surface area contributed by atoms with E-state index in [1.54, 1.807) is 6.08 Å². The van der Waals surface area contributed by atoms with E-state index in [1.807, 2.05) is 0 Å². The van der Waals surface area contributed by atoms with Gasteiger partial charge in [-0.15, -0.1) is 0 Å². The van der Waals surface area contributed by atoms with Gasteiger partial charge in [-0.2, -0.15) is 0 Å². The van der Waals surface area contributed by atoms with Crippen LogP contribution < -0.4 is 0 Å². The van der Waals surface area contributed by atoms with Crippen LogP contribution in [0, 0.1) is 0 Å². The molecule has 1 rings (SSSR count). The van der Waals surface area contributed by atoms with Crippen molar-refractivity contribution in [1.82, 2.24) is 4.90 Å². The molecule has 5 heteroatoms. The first-order valence-electron chi connectivity index (χ1n) is 7.01. The Morgan fingerprint density at radius 3 is 2.15 bits per heavy atom. The molecule has 0 saturated carbocycles. The van der Waals surface area contributed by atoms with Gasteiger partial charge in [-0.3, -0.25) is 19.3 Å². The smallest absolute Gasteiger partial charge is 0.253 e. The third-order valence-electron chi connectivity index (χ3n) is 3.15. The van der Waals surface area contributed by atoms with Crippen molar-refractivity contribution < 1.29 is 14.4 Å². The van der Waals surface area contributed by atoms with Crippen LogP contribution in [0.1, 0.15) is 44.9 Å². The maximum absolute atomic E-state index is 11.3. The Bertz CT molecular complexity index is 397. The Balaban J connectivity index is 1.92. The van der Waals surface area contributed by atoms with Crippen molar-refractivity contribution in [2.24, 2.45) is 0 Å². The van der Waals surface area contributed by atoms with Gasteiger partial charge in [0.1, 0.15) is 0 Å². The molecule has 0 saturated heterocycles. The molecule has 0 aromatic heterocycles. The molecule has 1 aliphatic heterocycles. The van der Waals surface area contributed by atoms with Gasteiger partial charge >= 0.3 is 0 Å². The van der Waals surface area contributed by atoms with Crippen LogP contribution in [0.5, 0.6) is 0 Å². The molecular formula is C15H20ClNO3. The van der Waals surface area contributed by atoms with Gasteiger partial charge in [-0.25, -0.2) is 0 Å². The molecule has 0 unspecified atom stereocenters. The summed E-state index contributed by atoms with van der Waals surface area (Å²) < 4.78 is 0. The zero-order chi connectivity index (χ0) is 14.8. The number of carbonyl (C=O) groups is 3. The van der Waals surface area contributed by atoms with Crippen LogP contribution in [0.3, 0.4) is 0 Å². The van der Waals surface area contributed by atoms with E-state index < -0.39 is 5.24 Å². The van der Waals surface area contributed by atoms with Crippen molar-refractivity contribution in [3.05, 3.63) is 24.3 Å². The van der Waals surface area contributed by atoms with Gasteiger partial charge in [0.2, 0.25) is 5.24 Å². The maximum Gasteiger partial charge on any atom is 0.253 e. The molecule has 1 aliphatic rings. The number of imide groups is 1. The molecule has 4 nitrogen and oxygen atoms in total. The summed E-state index contributed by atoms with van der Waals surface area (Å²) in [6.45, 7) is 0.519. The van der Waals surface area contributed by atoms with Crippen LogP contribution in [0.25, 0.3) is 0 Å². The monoisotopic (exact) mass is 297 g/mol. The highest BCUT2D eigenvalue weighted by Gasteiger charge is 2.21. The number of unbranched alkanes of at least 4 members (excludes halogenated alkanes) is 6. The minimum Gasteiger partial charge on any atom is -0.276 e. The van der Waals surface area contributed by atoms with Crippen molar-refractivity contribution in [1.29, 1.82) is 0 Å². The summed E-state index contributed by atoms with van der Waals surface area (Å²) in [7, 11) is 0. The van der Waals surface area contributed by atoms with Gasteiger partial charge in [0.25, 0.3) is 11.8 Å². The van der Waals surface area contributed by atoms with E-state index in [1.165, 1.54) is 23.1 Å². The summed E-state index contributed by atoms with van der Waals surface area (Å²) in [5.41, 5.74) is 0. The van der Waals surface area contributed by atoms with E-state index in [-0.39, 0.29) is 11.8 Å². The Hall–Kier alpha value is -1.42. The largest absolute Gasteiger partial charge is 0.276 e. The topological polar surface area (TPSA) is 54.5 Å². The highest BCUT2D eigenvalue weighted by Crippen LogP contribution is 2.10. The molecule has 110 valence electrons. The fraction of sp³-hybridized carbons (Fsp3) is 0.533. The number of hydrogen-bond donors (Lipinski definition) is 0. The first-order valence-corrected chi connectivity index (χ1v) is 7.38. The first kappa shape index (κ1) is 16.6. The number of halogens is 1. The summed E-state index contributed by atoms with van der Waals surface area (Å²) in [5, 5.41) is -0.425. The second kappa shape index (κ2) is 9.48. The quantitative estimate of drug-likeness (QED) is 0.270. The summed E-state index contributed by atoms with van der Waals surface area (Å²) in [6, 6.07) is 0. The standard InChI is InChI=1S/C15H20ClNO3/c16-13(18)9-7-5-3-1-2-4-6-8-12-17-14(19)10-11-15(17)20/h7,9-11H,1-6,8,12H2. The predicted octanol–water partition coefficient (Wildman–Crippen LogP) is 2.96. The lowest BCUT2D eigenvalue weighted by Gasteiger charge is -2.12. The predicted molar refractivity (Wildman–Crippen MR) is 78.2 cm³/mol. The van der Waals surface area contributed by atoms with Crippen LogP contribution in [0.15, 0.2) is 24.3 Å². The van der Waals surface area contributed by atoms with Crippen molar-refractivity contribution in [3.63, 3.8) is 0 Å². The third-order valence-corrected chi connectivity index (χ3v) is 3.28. The number of allylic oxidation sites excluding steroid dienone is 2. The summed E-state index contributed by atoms with van der Waals surface area (Å²) in [4.78, 5) is 34.3. The zero-order valence-electron chi connectivity index (χ0n) is 11.5. The lowest BCUT2D eigenvalue weighted by atomic mass is 10.1. The lowest BCUT2D eigenvalue weighted by Crippen LogP contribution is -2.30. The van der Waals surface area contributed by atoms with Crippen molar-refractivity contribution in [3.8, 4) is 0 Å². The van der Waals surface area contributed by atoms with Gasteiger partial charge in [0.15, 0.2) is 0 Å². The van der Waals surface area contributed by atoms with E-state index in [2.05, 4.69) is 0 Å². The number of carbonyl (C=O) groups excluding carboxylic acids is 3. The highest BCUT2D eigenvalue weighted by molar-refractivity contribution is 6.66. The maximum atomic E-state index is 11.3. The van der Waals surface area contributed by atoms with Gasteiger partial charge < -0.3 is 0 Å². The van der Waals surface area contributed by atoms with Gasteiger partial charge in [-0.1, -0.05) is 31.8 Å². The molecule has 0 fully saturated rings. The van der Waals surface area contributed by atoms with Crippen molar-refractivity contribution >= 4 is 28.7 Å². The minimum absolute atomic E-state index is 0.198. The van der Waals surface area contributed by atoms with Gasteiger partial charge in [-0.05, 0) is 36.9 Å². The first-order chi connectivity index (χ1) is 9.61.